The molecule has 3 aromatic rings. The number of rotatable bonds is 5. The monoisotopic (exact) mass is 396 g/mol. The van der Waals surface area contributed by atoms with Crippen LogP contribution in [0.5, 0.6) is 0 Å². The van der Waals surface area contributed by atoms with E-state index in [-0.39, 0.29) is 10.8 Å². The van der Waals surface area contributed by atoms with Gasteiger partial charge in [0.2, 0.25) is 15.0 Å². The van der Waals surface area contributed by atoms with E-state index in [0.29, 0.717) is 27.6 Å². The molecule has 0 saturated heterocycles. The largest absolute Gasteiger partial charge is 0.366 e. The number of hydrogen-bond acceptors (Lipinski definition) is 8. The minimum atomic E-state index is -3.45. The standard InChI is InChI=1S/C14H13ClN6O2S2/c1-25(22,23)14-20-12-13(21-14)19-9(6-17-12)24-8-4-5-16-11(10(8)15)18-7-2-3-7/h4-7H,2-3H2,1H3,(H,16,18)(H,17,19,20,21). The van der Waals surface area contributed by atoms with Crippen LogP contribution >= 0.6 is 23.4 Å². The lowest BCUT2D eigenvalue weighted by Crippen LogP contribution is -2.03. The molecule has 1 aliphatic carbocycles. The van der Waals surface area contributed by atoms with Crippen LogP contribution in [0.25, 0.3) is 11.3 Å². The molecule has 1 aliphatic rings. The second kappa shape index (κ2) is 6.11. The third kappa shape index (κ3) is 3.55. The topological polar surface area (TPSA) is 114 Å². The lowest BCUT2D eigenvalue weighted by Gasteiger charge is -2.09. The summed E-state index contributed by atoms with van der Waals surface area (Å²) in [5.74, 6) is 0.655. The van der Waals surface area contributed by atoms with Crippen molar-refractivity contribution in [1.82, 2.24) is 24.9 Å². The van der Waals surface area contributed by atoms with Gasteiger partial charge in [-0.3, -0.25) is 0 Å². The second-order valence-corrected chi connectivity index (χ2v) is 9.06. The molecule has 2 N–H and O–H groups in total. The summed E-state index contributed by atoms with van der Waals surface area (Å²) >= 11 is 7.74. The van der Waals surface area contributed by atoms with Crippen LogP contribution < -0.4 is 5.32 Å². The van der Waals surface area contributed by atoms with E-state index in [2.05, 4.69) is 30.2 Å². The number of sulfone groups is 1. The predicted octanol–water partition coefficient (Wildman–Crippen LogP) is 2.53. The van der Waals surface area contributed by atoms with Crippen molar-refractivity contribution in [3.8, 4) is 0 Å². The fraction of sp³-hybridized carbons (Fsp3) is 0.286. The zero-order chi connectivity index (χ0) is 17.6. The van der Waals surface area contributed by atoms with Crippen LogP contribution in [-0.4, -0.2) is 45.6 Å². The van der Waals surface area contributed by atoms with Crippen molar-refractivity contribution in [3.63, 3.8) is 0 Å². The first-order valence-electron chi connectivity index (χ1n) is 7.42. The molecule has 0 unspecified atom stereocenters. The first kappa shape index (κ1) is 16.6. The molecule has 3 aromatic heterocycles. The van der Waals surface area contributed by atoms with Crippen molar-refractivity contribution in [2.24, 2.45) is 0 Å². The number of H-pyrrole nitrogens is 1. The molecule has 4 rings (SSSR count). The number of halogens is 1. The number of hydrogen-bond donors (Lipinski definition) is 2. The molecule has 0 spiro atoms. The number of fused-ring (bicyclic) bond motifs is 1. The van der Waals surface area contributed by atoms with Crippen LogP contribution in [0.1, 0.15) is 12.8 Å². The summed E-state index contributed by atoms with van der Waals surface area (Å²) in [5.41, 5.74) is 0.564. The van der Waals surface area contributed by atoms with E-state index >= 15 is 0 Å². The maximum atomic E-state index is 11.6. The Labute approximate surface area is 152 Å². The highest BCUT2D eigenvalue weighted by Crippen LogP contribution is 2.37. The normalized spacial score (nSPS) is 14.8. The summed E-state index contributed by atoms with van der Waals surface area (Å²) in [7, 11) is -3.45. The highest BCUT2D eigenvalue weighted by Gasteiger charge is 2.23. The number of nitrogens with zero attached hydrogens (tertiary/aromatic N) is 4. The Morgan fingerprint density at radius 3 is 2.84 bits per heavy atom. The van der Waals surface area contributed by atoms with Crippen molar-refractivity contribution < 1.29 is 8.42 Å². The number of pyridine rings is 1. The Morgan fingerprint density at radius 1 is 1.32 bits per heavy atom. The first-order valence-corrected chi connectivity index (χ1v) is 10.5. The zero-order valence-electron chi connectivity index (χ0n) is 13.0. The second-order valence-electron chi connectivity index (χ2n) is 5.69. The summed E-state index contributed by atoms with van der Waals surface area (Å²) in [4.78, 5) is 20.2. The molecule has 0 bridgehead atoms. The predicted molar refractivity (Wildman–Crippen MR) is 94.8 cm³/mol. The summed E-state index contributed by atoms with van der Waals surface area (Å²) < 4.78 is 23.1. The van der Waals surface area contributed by atoms with Crippen LogP contribution in [-0.2, 0) is 9.84 Å². The lowest BCUT2D eigenvalue weighted by atomic mass is 10.4. The van der Waals surface area contributed by atoms with Gasteiger partial charge in [-0.1, -0.05) is 23.4 Å². The van der Waals surface area contributed by atoms with E-state index in [1.54, 1.807) is 18.5 Å². The van der Waals surface area contributed by atoms with Crippen molar-refractivity contribution in [3.05, 3.63) is 23.5 Å². The van der Waals surface area contributed by atoms with Crippen molar-refractivity contribution in [2.75, 3.05) is 11.6 Å². The van der Waals surface area contributed by atoms with E-state index in [9.17, 15) is 8.42 Å². The number of imidazole rings is 1. The quantitative estimate of drug-likeness (QED) is 0.676. The average molecular weight is 397 g/mol. The van der Waals surface area contributed by atoms with Crippen LogP contribution in [0.2, 0.25) is 5.02 Å². The summed E-state index contributed by atoms with van der Waals surface area (Å²) in [6.45, 7) is 0. The highest BCUT2D eigenvalue weighted by molar-refractivity contribution is 7.99. The summed E-state index contributed by atoms with van der Waals surface area (Å²) in [5, 5.41) is 4.22. The fourth-order valence-electron chi connectivity index (χ4n) is 2.12. The Hall–Kier alpha value is -1.91. The van der Waals surface area contributed by atoms with E-state index < -0.39 is 9.84 Å². The van der Waals surface area contributed by atoms with Crippen molar-refractivity contribution in [1.29, 1.82) is 0 Å². The summed E-state index contributed by atoms with van der Waals surface area (Å²) in [6, 6.07) is 2.24. The minimum Gasteiger partial charge on any atom is -0.366 e. The molecule has 1 fully saturated rings. The summed E-state index contributed by atoms with van der Waals surface area (Å²) in [6.07, 6.45) is 6.55. The number of anilines is 1. The molecule has 11 heteroatoms. The molecule has 0 aliphatic heterocycles. The van der Waals surface area contributed by atoms with E-state index in [0.717, 1.165) is 24.0 Å². The van der Waals surface area contributed by atoms with Gasteiger partial charge >= 0.3 is 0 Å². The third-order valence-corrected chi connectivity index (χ3v) is 5.86. The first-order chi connectivity index (χ1) is 11.9. The number of aromatic amines is 1. The molecular formula is C14H13ClN6O2S2. The average Bonchev–Trinajstić information content (AvgIpc) is 3.25. The zero-order valence-corrected chi connectivity index (χ0v) is 15.4. The molecule has 0 radical (unpaired) electrons. The van der Waals surface area contributed by atoms with Gasteiger partial charge in [-0.05, 0) is 18.9 Å². The van der Waals surface area contributed by atoms with E-state index in [1.165, 1.54) is 11.8 Å². The molecule has 0 aromatic carbocycles. The van der Waals surface area contributed by atoms with Crippen molar-refractivity contribution in [2.45, 2.75) is 34.0 Å². The minimum absolute atomic E-state index is 0.150. The molecule has 3 heterocycles. The van der Waals surface area contributed by atoms with Crippen LogP contribution in [0.3, 0.4) is 0 Å². The van der Waals surface area contributed by atoms with Gasteiger partial charge in [-0.15, -0.1) is 0 Å². The van der Waals surface area contributed by atoms with E-state index in [4.69, 9.17) is 11.6 Å². The van der Waals surface area contributed by atoms with Gasteiger partial charge in [0, 0.05) is 23.4 Å². The molecular weight excluding hydrogens is 384 g/mol. The van der Waals surface area contributed by atoms with Gasteiger partial charge in [0.05, 0.1) is 11.2 Å². The molecule has 0 atom stereocenters. The van der Waals surface area contributed by atoms with Gasteiger partial charge in [-0.2, -0.15) is 4.98 Å². The maximum Gasteiger partial charge on any atom is 0.228 e. The van der Waals surface area contributed by atoms with Gasteiger partial charge in [0.1, 0.15) is 10.8 Å². The maximum absolute atomic E-state index is 11.6. The molecule has 1 saturated carbocycles. The molecule has 8 nitrogen and oxygen atoms in total. The van der Waals surface area contributed by atoms with Crippen molar-refractivity contribution >= 4 is 50.3 Å². The van der Waals surface area contributed by atoms with Gasteiger partial charge in [-0.25, -0.2) is 23.4 Å². The Kier molecular flexibility index (Phi) is 4.05. The SMILES string of the molecule is CS(=O)(=O)c1nc2nc(Sc3ccnc(NC4CC4)c3Cl)cnc2[nH]1. The number of nitrogens with one attached hydrogen (secondary N) is 2. The van der Waals surface area contributed by atoms with Gasteiger partial charge in [0.15, 0.2) is 11.3 Å². The highest BCUT2D eigenvalue weighted by atomic mass is 35.5. The fourth-order valence-corrected chi connectivity index (χ4v) is 3.71. The Balaban J connectivity index is 1.64. The molecule has 130 valence electrons. The Bertz CT molecular complexity index is 1060. The smallest absolute Gasteiger partial charge is 0.228 e. The molecule has 25 heavy (non-hydrogen) atoms. The van der Waals surface area contributed by atoms with E-state index in [1.807, 2.05) is 0 Å². The van der Waals surface area contributed by atoms with Crippen LogP contribution in [0, 0.1) is 0 Å². The van der Waals surface area contributed by atoms with Gasteiger partial charge < -0.3 is 10.3 Å². The number of aromatic nitrogens is 5. The lowest BCUT2D eigenvalue weighted by molar-refractivity contribution is 0.595. The third-order valence-electron chi connectivity index (χ3n) is 3.50. The van der Waals surface area contributed by atoms with Gasteiger partial charge in [0.25, 0.3) is 0 Å². The Morgan fingerprint density at radius 2 is 2.12 bits per heavy atom. The molecule has 0 amide bonds. The van der Waals surface area contributed by atoms with Crippen LogP contribution in [0.15, 0.2) is 33.5 Å². The van der Waals surface area contributed by atoms with Crippen LogP contribution in [0.4, 0.5) is 5.82 Å².